The number of carboxylic acid groups (broad SMARTS) is 1. The number of anilines is 1. The van der Waals surface area contributed by atoms with Gasteiger partial charge in [-0.2, -0.15) is 0 Å². The fraction of sp³-hybridized carbons (Fsp3) is 0.182. The van der Waals surface area contributed by atoms with Crippen molar-refractivity contribution in [2.75, 3.05) is 5.73 Å². The van der Waals surface area contributed by atoms with Crippen LogP contribution in [0.1, 0.15) is 17.3 Å². The molecule has 0 fully saturated rings. The lowest BCUT2D eigenvalue weighted by molar-refractivity contribution is -0.126. The molecule has 0 saturated heterocycles. The van der Waals surface area contributed by atoms with Gasteiger partial charge in [-0.3, -0.25) is 10.1 Å². The molecule has 1 rings (SSSR count). The van der Waals surface area contributed by atoms with Gasteiger partial charge < -0.3 is 21.3 Å². The Morgan fingerprint density at radius 3 is 2.47 bits per heavy atom. The second kappa shape index (κ2) is 5.71. The van der Waals surface area contributed by atoms with Gasteiger partial charge in [-0.05, 0) is 19.1 Å². The van der Waals surface area contributed by atoms with E-state index < -0.39 is 24.0 Å². The number of ether oxygens (including phenoxy) is 1. The Hall–Kier alpha value is -2.77. The van der Waals surface area contributed by atoms with Gasteiger partial charge in [-0.1, -0.05) is 0 Å². The molecule has 8 heteroatoms. The lowest BCUT2D eigenvalue weighted by atomic mass is 10.2. The molecule has 0 aliphatic heterocycles. The average Bonchev–Trinajstić information content (AvgIpc) is 2.27. The summed E-state index contributed by atoms with van der Waals surface area (Å²) in [4.78, 5) is 32.6. The van der Waals surface area contributed by atoms with E-state index in [9.17, 15) is 14.4 Å². The third kappa shape index (κ3) is 3.87. The fourth-order valence-electron chi connectivity index (χ4n) is 1.29. The summed E-state index contributed by atoms with van der Waals surface area (Å²) in [5, 5.41) is 10.6. The van der Waals surface area contributed by atoms with Crippen molar-refractivity contribution >= 4 is 23.6 Å². The van der Waals surface area contributed by atoms with E-state index in [0.29, 0.717) is 0 Å². The first kappa shape index (κ1) is 14.3. The molecule has 6 N–H and O–H groups in total. The molecule has 19 heavy (non-hydrogen) atoms. The zero-order chi connectivity index (χ0) is 14.6. The molecule has 1 aromatic carbocycles. The van der Waals surface area contributed by atoms with Crippen LogP contribution in [-0.2, 0) is 4.79 Å². The maximum absolute atomic E-state index is 11.4. The predicted octanol–water partition coefficient (Wildman–Crippen LogP) is -0.0708. The van der Waals surface area contributed by atoms with Crippen LogP contribution in [0.2, 0.25) is 0 Å². The number of amides is 3. The summed E-state index contributed by atoms with van der Waals surface area (Å²) >= 11 is 0. The topological polar surface area (TPSA) is 145 Å². The number of nitrogens with one attached hydrogen (secondary N) is 1. The molecule has 102 valence electrons. The second-order valence-corrected chi connectivity index (χ2v) is 3.67. The Kier molecular flexibility index (Phi) is 4.30. The minimum atomic E-state index is -1.16. The van der Waals surface area contributed by atoms with Crippen LogP contribution in [0.5, 0.6) is 5.75 Å². The van der Waals surface area contributed by atoms with Crippen molar-refractivity contribution in [1.82, 2.24) is 5.32 Å². The average molecular weight is 267 g/mol. The largest absolute Gasteiger partial charge is 0.481 e. The van der Waals surface area contributed by atoms with Gasteiger partial charge in [0.15, 0.2) is 6.10 Å². The third-order valence-corrected chi connectivity index (χ3v) is 2.18. The Bertz CT molecular complexity index is 529. The maximum atomic E-state index is 11.4. The van der Waals surface area contributed by atoms with Crippen molar-refractivity contribution in [2.45, 2.75) is 13.0 Å². The standard InChI is InChI=1S/C11H13N3O5/c1-5(9(15)14-11(13)18)19-6-2-3-7(10(16)17)8(12)4-6/h2-5H,12H2,1H3,(H,16,17)(H3,13,14,15,18). The van der Waals surface area contributed by atoms with E-state index >= 15 is 0 Å². The molecule has 0 saturated carbocycles. The number of aromatic carboxylic acids is 1. The van der Waals surface area contributed by atoms with Gasteiger partial charge in [0.1, 0.15) is 5.75 Å². The first-order valence-electron chi connectivity index (χ1n) is 5.21. The van der Waals surface area contributed by atoms with E-state index in [1.54, 1.807) is 0 Å². The molecule has 1 aromatic rings. The van der Waals surface area contributed by atoms with Crippen LogP contribution in [0, 0.1) is 0 Å². The summed E-state index contributed by atoms with van der Waals surface area (Å²) in [6.45, 7) is 1.40. The molecular weight excluding hydrogens is 254 g/mol. The quantitative estimate of drug-likeness (QED) is 0.562. The van der Waals surface area contributed by atoms with Gasteiger partial charge in [0.05, 0.1) is 5.56 Å². The number of benzene rings is 1. The highest BCUT2D eigenvalue weighted by molar-refractivity contribution is 5.96. The van der Waals surface area contributed by atoms with E-state index in [-0.39, 0.29) is 17.0 Å². The number of primary amides is 1. The fourth-order valence-corrected chi connectivity index (χ4v) is 1.29. The number of carbonyl (C=O) groups is 3. The molecule has 8 nitrogen and oxygen atoms in total. The third-order valence-electron chi connectivity index (χ3n) is 2.18. The molecule has 0 aliphatic carbocycles. The van der Waals surface area contributed by atoms with Gasteiger partial charge in [-0.15, -0.1) is 0 Å². The number of nitrogen functional groups attached to an aromatic ring is 1. The van der Waals surface area contributed by atoms with Crippen molar-refractivity contribution in [3.05, 3.63) is 23.8 Å². The first-order chi connectivity index (χ1) is 8.81. The molecule has 0 spiro atoms. The number of carboxylic acids is 1. The van der Waals surface area contributed by atoms with Crippen molar-refractivity contribution < 1.29 is 24.2 Å². The van der Waals surface area contributed by atoms with Crippen molar-refractivity contribution in [1.29, 1.82) is 0 Å². The van der Waals surface area contributed by atoms with Crippen molar-refractivity contribution in [3.63, 3.8) is 0 Å². The van der Waals surface area contributed by atoms with Crippen LogP contribution in [-0.4, -0.2) is 29.1 Å². The Morgan fingerprint density at radius 2 is 2.00 bits per heavy atom. The van der Waals surface area contributed by atoms with E-state index in [1.807, 2.05) is 5.32 Å². The number of rotatable bonds is 4. The number of imide groups is 1. The summed E-state index contributed by atoms with van der Waals surface area (Å²) in [5.74, 6) is -1.67. The van der Waals surface area contributed by atoms with Crippen LogP contribution < -0.4 is 21.5 Å². The van der Waals surface area contributed by atoms with Crippen LogP contribution in [0.25, 0.3) is 0 Å². The lowest BCUT2D eigenvalue weighted by Gasteiger charge is -2.14. The highest BCUT2D eigenvalue weighted by atomic mass is 16.5. The number of hydrogen-bond acceptors (Lipinski definition) is 5. The smallest absolute Gasteiger partial charge is 0.337 e. The summed E-state index contributed by atoms with van der Waals surface area (Å²) < 4.78 is 5.20. The molecule has 0 aromatic heterocycles. The second-order valence-electron chi connectivity index (χ2n) is 3.67. The molecule has 0 radical (unpaired) electrons. The van der Waals surface area contributed by atoms with Gasteiger partial charge in [-0.25, -0.2) is 9.59 Å². The van der Waals surface area contributed by atoms with E-state index in [4.69, 9.17) is 21.3 Å². The molecule has 0 heterocycles. The molecule has 1 atom stereocenters. The zero-order valence-corrected chi connectivity index (χ0v) is 10.0. The van der Waals surface area contributed by atoms with Gasteiger partial charge >= 0.3 is 12.0 Å². The number of nitrogens with two attached hydrogens (primary N) is 2. The van der Waals surface area contributed by atoms with Gasteiger partial charge in [0.2, 0.25) is 0 Å². The Balaban J connectivity index is 2.78. The molecule has 3 amide bonds. The minimum Gasteiger partial charge on any atom is -0.481 e. The monoisotopic (exact) mass is 267 g/mol. The van der Waals surface area contributed by atoms with E-state index in [0.717, 1.165) is 0 Å². The van der Waals surface area contributed by atoms with Crippen molar-refractivity contribution in [2.24, 2.45) is 5.73 Å². The molecule has 1 unspecified atom stereocenters. The van der Waals surface area contributed by atoms with Crippen LogP contribution in [0.4, 0.5) is 10.5 Å². The number of hydrogen-bond donors (Lipinski definition) is 4. The summed E-state index contributed by atoms with van der Waals surface area (Å²) in [7, 11) is 0. The Morgan fingerprint density at radius 1 is 1.37 bits per heavy atom. The maximum Gasteiger partial charge on any atom is 0.337 e. The number of carbonyl (C=O) groups excluding carboxylic acids is 2. The van der Waals surface area contributed by atoms with Crippen molar-refractivity contribution in [3.8, 4) is 5.75 Å². The van der Waals surface area contributed by atoms with Gasteiger partial charge in [0, 0.05) is 11.8 Å². The molecule has 0 bridgehead atoms. The lowest BCUT2D eigenvalue weighted by Crippen LogP contribution is -2.42. The summed E-state index contributed by atoms with van der Waals surface area (Å²) in [5.41, 5.74) is 10.2. The first-order valence-corrected chi connectivity index (χ1v) is 5.21. The predicted molar refractivity (Wildman–Crippen MR) is 65.6 cm³/mol. The zero-order valence-electron chi connectivity index (χ0n) is 10.0. The normalized spacial score (nSPS) is 11.4. The Labute approximate surface area is 108 Å². The van der Waals surface area contributed by atoms with Crippen LogP contribution in [0.3, 0.4) is 0 Å². The molecule has 0 aliphatic rings. The van der Waals surface area contributed by atoms with Crippen LogP contribution in [0.15, 0.2) is 18.2 Å². The highest BCUT2D eigenvalue weighted by Gasteiger charge is 2.17. The summed E-state index contributed by atoms with van der Waals surface area (Å²) in [6.07, 6.45) is -0.984. The van der Waals surface area contributed by atoms with E-state index in [1.165, 1.54) is 25.1 Å². The SMILES string of the molecule is CC(Oc1ccc(C(=O)O)c(N)c1)C(=O)NC(N)=O. The summed E-state index contributed by atoms with van der Waals surface area (Å²) in [6, 6.07) is 2.90. The van der Waals surface area contributed by atoms with Gasteiger partial charge in [0.25, 0.3) is 5.91 Å². The van der Waals surface area contributed by atoms with Crippen LogP contribution >= 0.6 is 0 Å². The number of urea groups is 1. The minimum absolute atomic E-state index is 0.00695. The molecular formula is C11H13N3O5. The van der Waals surface area contributed by atoms with E-state index in [2.05, 4.69) is 0 Å². The highest BCUT2D eigenvalue weighted by Crippen LogP contribution is 2.20.